The van der Waals surface area contributed by atoms with Crippen molar-refractivity contribution >= 4 is 11.6 Å². The number of ether oxygens (including phenoxy) is 1. The molecule has 1 aromatic heterocycles. The molecule has 0 aromatic carbocycles. The molecular weight excluding hydrogens is 230 g/mol. The summed E-state index contributed by atoms with van der Waals surface area (Å²) in [6.45, 7) is 7.81. The highest BCUT2D eigenvalue weighted by molar-refractivity contribution is 5.48. The fourth-order valence-corrected chi connectivity index (χ4v) is 1.74. The van der Waals surface area contributed by atoms with Crippen molar-refractivity contribution in [2.24, 2.45) is 11.3 Å². The summed E-state index contributed by atoms with van der Waals surface area (Å²) in [5, 5.41) is 0. The lowest BCUT2D eigenvalue weighted by Crippen LogP contribution is -2.30. The number of methoxy groups -OCH3 is 1. The number of rotatable bonds is 5. The Morgan fingerprint density at radius 1 is 1.39 bits per heavy atom. The van der Waals surface area contributed by atoms with Gasteiger partial charge in [-0.05, 0) is 5.41 Å². The van der Waals surface area contributed by atoms with Crippen LogP contribution in [0.2, 0.25) is 0 Å². The second kappa shape index (κ2) is 5.97. The van der Waals surface area contributed by atoms with E-state index in [2.05, 4.69) is 41.1 Å². The third-order valence-corrected chi connectivity index (χ3v) is 2.28. The number of nitrogens with zero attached hydrogens (tertiary/aromatic N) is 3. The first-order valence-electron chi connectivity index (χ1n) is 5.90. The van der Waals surface area contributed by atoms with Gasteiger partial charge in [0, 0.05) is 26.8 Å². The second-order valence-corrected chi connectivity index (χ2v) is 5.52. The lowest BCUT2D eigenvalue weighted by Gasteiger charge is -2.27. The number of hydrogen-bond donors (Lipinski definition) is 2. The standard InChI is InChI=1S/C12H23N5O/c1-12(2,3)8-17(4)11-6-9(16-13)14-10(15-11)7-18-5/h6H,7-8,13H2,1-5H3,(H,14,15,16). The van der Waals surface area contributed by atoms with Gasteiger partial charge in [0.2, 0.25) is 0 Å². The number of nitrogens with two attached hydrogens (primary N) is 1. The second-order valence-electron chi connectivity index (χ2n) is 5.52. The molecule has 0 unspecified atom stereocenters. The molecule has 102 valence electrons. The van der Waals surface area contributed by atoms with E-state index >= 15 is 0 Å². The highest BCUT2D eigenvalue weighted by atomic mass is 16.5. The van der Waals surface area contributed by atoms with E-state index in [0.717, 1.165) is 12.4 Å². The minimum atomic E-state index is 0.192. The summed E-state index contributed by atoms with van der Waals surface area (Å²) >= 11 is 0. The van der Waals surface area contributed by atoms with Crippen LogP contribution in [0.3, 0.4) is 0 Å². The fraction of sp³-hybridized carbons (Fsp3) is 0.667. The zero-order chi connectivity index (χ0) is 13.8. The van der Waals surface area contributed by atoms with Crippen LogP contribution in [0.4, 0.5) is 11.6 Å². The molecule has 0 saturated heterocycles. The first-order chi connectivity index (χ1) is 8.35. The van der Waals surface area contributed by atoms with Gasteiger partial charge in [0.25, 0.3) is 0 Å². The molecule has 0 atom stereocenters. The van der Waals surface area contributed by atoms with E-state index < -0.39 is 0 Å². The van der Waals surface area contributed by atoms with Crippen molar-refractivity contribution in [3.63, 3.8) is 0 Å². The topological polar surface area (TPSA) is 76.3 Å². The molecule has 0 aliphatic carbocycles. The number of nitrogens with one attached hydrogen (secondary N) is 1. The molecule has 1 aromatic rings. The van der Waals surface area contributed by atoms with Gasteiger partial charge in [0.15, 0.2) is 5.82 Å². The summed E-state index contributed by atoms with van der Waals surface area (Å²) in [4.78, 5) is 10.8. The number of hydrazine groups is 1. The van der Waals surface area contributed by atoms with E-state index in [0.29, 0.717) is 18.2 Å². The summed E-state index contributed by atoms with van der Waals surface area (Å²) in [6.07, 6.45) is 0. The van der Waals surface area contributed by atoms with Crippen molar-refractivity contribution in [1.29, 1.82) is 0 Å². The van der Waals surface area contributed by atoms with Gasteiger partial charge in [-0.1, -0.05) is 20.8 Å². The van der Waals surface area contributed by atoms with Crippen molar-refractivity contribution in [1.82, 2.24) is 9.97 Å². The molecule has 3 N–H and O–H groups in total. The van der Waals surface area contributed by atoms with Crippen molar-refractivity contribution in [3.05, 3.63) is 11.9 Å². The summed E-state index contributed by atoms with van der Waals surface area (Å²) < 4.78 is 5.05. The van der Waals surface area contributed by atoms with Crippen molar-refractivity contribution in [2.75, 3.05) is 31.0 Å². The SMILES string of the molecule is COCc1nc(NN)cc(N(C)CC(C)(C)C)n1. The molecule has 0 aliphatic rings. The maximum absolute atomic E-state index is 5.41. The molecule has 1 heterocycles. The van der Waals surface area contributed by atoms with E-state index in [1.807, 2.05) is 13.1 Å². The molecule has 6 heteroatoms. The van der Waals surface area contributed by atoms with Crippen molar-refractivity contribution < 1.29 is 4.74 Å². The van der Waals surface area contributed by atoms with Crippen LogP contribution in [-0.2, 0) is 11.3 Å². The van der Waals surface area contributed by atoms with Crippen LogP contribution in [0.5, 0.6) is 0 Å². The average molecular weight is 253 g/mol. The van der Waals surface area contributed by atoms with Crippen LogP contribution < -0.4 is 16.2 Å². The maximum Gasteiger partial charge on any atom is 0.158 e. The van der Waals surface area contributed by atoms with Crippen molar-refractivity contribution in [3.8, 4) is 0 Å². The van der Waals surface area contributed by atoms with Crippen molar-refractivity contribution in [2.45, 2.75) is 27.4 Å². The van der Waals surface area contributed by atoms with E-state index in [1.54, 1.807) is 7.11 Å². The molecular formula is C12H23N5O. The third-order valence-electron chi connectivity index (χ3n) is 2.28. The van der Waals surface area contributed by atoms with Gasteiger partial charge in [-0.25, -0.2) is 15.8 Å². The zero-order valence-corrected chi connectivity index (χ0v) is 11.8. The van der Waals surface area contributed by atoms with E-state index in [1.165, 1.54) is 0 Å². The Kier molecular flexibility index (Phi) is 4.86. The number of anilines is 2. The smallest absolute Gasteiger partial charge is 0.158 e. The van der Waals surface area contributed by atoms with Crippen LogP contribution >= 0.6 is 0 Å². The Balaban J connectivity index is 2.96. The Hall–Kier alpha value is -1.40. The summed E-state index contributed by atoms with van der Waals surface area (Å²) in [6, 6.07) is 1.82. The van der Waals surface area contributed by atoms with Gasteiger partial charge in [0.1, 0.15) is 18.2 Å². The van der Waals surface area contributed by atoms with Gasteiger partial charge in [-0.15, -0.1) is 0 Å². The first kappa shape index (κ1) is 14.7. The molecule has 0 radical (unpaired) electrons. The Bertz CT molecular complexity index is 389. The molecule has 1 rings (SSSR count). The Labute approximate surface area is 109 Å². The third kappa shape index (κ3) is 4.46. The minimum Gasteiger partial charge on any atom is -0.377 e. The van der Waals surface area contributed by atoms with Crippen LogP contribution in [-0.4, -0.2) is 30.7 Å². The summed E-state index contributed by atoms with van der Waals surface area (Å²) in [5.41, 5.74) is 2.74. The Morgan fingerprint density at radius 2 is 2.06 bits per heavy atom. The highest BCUT2D eigenvalue weighted by Crippen LogP contribution is 2.20. The molecule has 18 heavy (non-hydrogen) atoms. The normalized spacial score (nSPS) is 11.4. The average Bonchev–Trinajstić information content (AvgIpc) is 2.26. The molecule has 6 nitrogen and oxygen atoms in total. The Morgan fingerprint density at radius 3 is 2.56 bits per heavy atom. The van der Waals surface area contributed by atoms with Gasteiger partial charge in [-0.2, -0.15) is 0 Å². The predicted molar refractivity (Wildman–Crippen MR) is 73.3 cm³/mol. The molecule has 0 saturated carbocycles. The highest BCUT2D eigenvalue weighted by Gasteiger charge is 2.16. The van der Waals surface area contributed by atoms with Crippen LogP contribution in [0.25, 0.3) is 0 Å². The van der Waals surface area contributed by atoms with Gasteiger partial charge in [-0.3, -0.25) is 0 Å². The van der Waals surface area contributed by atoms with Crippen LogP contribution in [0, 0.1) is 5.41 Å². The molecule has 0 fully saturated rings. The monoisotopic (exact) mass is 253 g/mol. The van der Waals surface area contributed by atoms with Gasteiger partial charge < -0.3 is 15.1 Å². The predicted octanol–water partition coefficient (Wildman–Crippen LogP) is 1.39. The number of nitrogen functional groups attached to an aromatic ring is 1. The molecule has 0 bridgehead atoms. The first-order valence-corrected chi connectivity index (χ1v) is 5.90. The quantitative estimate of drug-likeness (QED) is 0.610. The maximum atomic E-state index is 5.41. The zero-order valence-electron chi connectivity index (χ0n) is 11.8. The number of hydrogen-bond acceptors (Lipinski definition) is 6. The van der Waals surface area contributed by atoms with Gasteiger partial charge >= 0.3 is 0 Å². The van der Waals surface area contributed by atoms with E-state index in [-0.39, 0.29) is 5.41 Å². The number of aromatic nitrogens is 2. The largest absolute Gasteiger partial charge is 0.377 e. The van der Waals surface area contributed by atoms with E-state index in [4.69, 9.17) is 10.6 Å². The summed E-state index contributed by atoms with van der Waals surface area (Å²) in [5.74, 6) is 7.45. The molecule has 0 amide bonds. The van der Waals surface area contributed by atoms with Crippen LogP contribution in [0.15, 0.2) is 6.07 Å². The lowest BCUT2D eigenvalue weighted by molar-refractivity contribution is 0.178. The fourth-order valence-electron chi connectivity index (χ4n) is 1.74. The van der Waals surface area contributed by atoms with E-state index in [9.17, 15) is 0 Å². The van der Waals surface area contributed by atoms with Gasteiger partial charge in [0.05, 0.1) is 0 Å². The minimum absolute atomic E-state index is 0.192. The molecule has 0 spiro atoms. The summed E-state index contributed by atoms with van der Waals surface area (Å²) in [7, 11) is 3.62. The lowest BCUT2D eigenvalue weighted by atomic mass is 9.96. The molecule has 0 aliphatic heterocycles. The van der Waals surface area contributed by atoms with Crippen LogP contribution in [0.1, 0.15) is 26.6 Å².